The van der Waals surface area contributed by atoms with E-state index in [0.717, 1.165) is 6.20 Å². The molecule has 0 saturated carbocycles. The van der Waals surface area contributed by atoms with Crippen LogP contribution in [-0.4, -0.2) is 23.2 Å². The number of nitrogens with two attached hydrogens (primary N) is 1. The molecule has 0 atom stereocenters. The Balaban J connectivity index is 2.29. The van der Waals surface area contributed by atoms with E-state index in [4.69, 9.17) is 17.3 Å². The van der Waals surface area contributed by atoms with Crippen LogP contribution < -0.4 is 10.5 Å². The van der Waals surface area contributed by atoms with Crippen LogP contribution in [0.15, 0.2) is 29.6 Å². The smallest absolute Gasteiger partial charge is 0.263 e. The van der Waals surface area contributed by atoms with Crippen molar-refractivity contribution in [1.82, 2.24) is 14.8 Å². The third kappa shape index (κ3) is 2.96. The van der Waals surface area contributed by atoms with Gasteiger partial charge >= 0.3 is 0 Å². The van der Waals surface area contributed by atoms with Crippen molar-refractivity contribution in [2.75, 3.05) is 10.5 Å². The number of nitrogens with one attached hydrogen (secondary N) is 1. The summed E-state index contributed by atoms with van der Waals surface area (Å²) in [4.78, 5) is 3.65. The zero-order valence-corrected chi connectivity index (χ0v) is 11.6. The van der Waals surface area contributed by atoms with Crippen molar-refractivity contribution in [3.8, 4) is 0 Å². The molecule has 9 heteroatoms. The predicted octanol–water partition coefficient (Wildman–Crippen LogP) is 1.33. The first-order chi connectivity index (χ1) is 8.92. The molecule has 3 N–H and O–H groups in total. The Morgan fingerprint density at radius 1 is 1.47 bits per heavy atom. The first-order valence-corrected chi connectivity index (χ1v) is 7.25. The van der Waals surface area contributed by atoms with Gasteiger partial charge in [0.05, 0.1) is 16.9 Å². The Morgan fingerprint density at radius 2 is 2.21 bits per heavy atom. The minimum Gasteiger partial charge on any atom is -0.382 e. The van der Waals surface area contributed by atoms with Crippen molar-refractivity contribution in [2.24, 2.45) is 0 Å². The van der Waals surface area contributed by atoms with Gasteiger partial charge in [0.15, 0.2) is 0 Å². The largest absolute Gasteiger partial charge is 0.382 e. The zero-order valence-electron chi connectivity index (χ0n) is 10.0. The van der Waals surface area contributed by atoms with Crippen LogP contribution in [0.2, 0.25) is 5.02 Å². The molecule has 2 aromatic rings. The van der Waals surface area contributed by atoms with Gasteiger partial charge in [0.2, 0.25) is 0 Å². The Kier molecular flexibility index (Phi) is 3.63. The quantitative estimate of drug-likeness (QED) is 0.887. The van der Waals surface area contributed by atoms with E-state index in [1.54, 1.807) is 10.9 Å². The predicted molar refractivity (Wildman–Crippen MR) is 72.4 cm³/mol. The molecule has 2 heterocycles. The summed E-state index contributed by atoms with van der Waals surface area (Å²) in [6.45, 7) is 2.55. The van der Waals surface area contributed by atoms with Gasteiger partial charge in [-0.2, -0.15) is 5.10 Å². The van der Waals surface area contributed by atoms with Crippen molar-refractivity contribution in [3.63, 3.8) is 0 Å². The SMILES string of the molecule is CCn1cc(NS(=O)(=O)c2cnc(N)c(Cl)c2)cn1. The average Bonchev–Trinajstić information content (AvgIpc) is 2.79. The van der Waals surface area contributed by atoms with Crippen molar-refractivity contribution in [3.05, 3.63) is 29.7 Å². The molecule has 0 radical (unpaired) electrons. The second-order valence-corrected chi connectivity index (χ2v) is 5.82. The van der Waals surface area contributed by atoms with Gasteiger partial charge in [0.1, 0.15) is 10.7 Å². The lowest BCUT2D eigenvalue weighted by Crippen LogP contribution is -2.13. The normalized spacial score (nSPS) is 11.5. The fraction of sp³-hybridized carbons (Fsp3) is 0.200. The molecule has 2 aromatic heterocycles. The minimum atomic E-state index is -3.75. The van der Waals surface area contributed by atoms with Crippen LogP contribution in [0.5, 0.6) is 0 Å². The summed E-state index contributed by atoms with van der Waals surface area (Å²) in [5.41, 5.74) is 5.80. The highest BCUT2D eigenvalue weighted by Crippen LogP contribution is 2.21. The highest BCUT2D eigenvalue weighted by atomic mass is 35.5. The topological polar surface area (TPSA) is 103 Å². The van der Waals surface area contributed by atoms with Crippen LogP contribution in [0, 0.1) is 0 Å². The molecule has 0 aliphatic heterocycles. The second kappa shape index (κ2) is 5.06. The molecule has 0 aromatic carbocycles. The van der Waals surface area contributed by atoms with E-state index in [2.05, 4.69) is 14.8 Å². The number of pyridine rings is 1. The van der Waals surface area contributed by atoms with E-state index >= 15 is 0 Å². The number of sulfonamides is 1. The fourth-order valence-electron chi connectivity index (χ4n) is 1.38. The van der Waals surface area contributed by atoms with E-state index in [9.17, 15) is 8.42 Å². The van der Waals surface area contributed by atoms with Gasteiger partial charge in [-0.3, -0.25) is 9.40 Å². The molecule has 0 saturated heterocycles. The number of hydrogen-bond acceptors (Lipinski definition) is 5. The molecule has 0 aliphatic rings. The summed E-state index contributed by atoms with van der Waals surface area (Å²) in [6, 6.07) is 1.25. The van der Waals surface area contributed by atoms with Crippen LogP contribution in [0.4, 0.5) is 11.5 Å². The van der Waals surface area contributed by atoms with E-state index < -0.39 is 10.0 Å². The van der Waals surface area contributed by atoms with E-state index in [1.165, 1.54) is 12.3 Å². The van der Waals surface area contributed by atoms with E-state index in [0.29, 0.717) is 12.2 Å². The average molecular weight is 302 g/mol. The lowest BCUT2D eigenvalue weighted by atomic mass is 10.5. The van der Waals surface area contributed by atoms with Crippen molar-refractivity contribution in [1.29, 1.82) is 0 Å². The Hall–Kier alpha value is -1.80. The van der Waals surface area contributed by atoms with Gasteiger partial charge in [-0.15, -0.1) is 0 Å². The standard InChI is InChI=1S/C10H12ClN5O2S/c1-2-16-6-7(4-14-16)15-19(17,18)8-3-9(11)10(12)13-5-8/h3-6,15H,2H2,1H3,(H2,12,13). The third-order valence-corrected chi connectivity index (χ3v) is 4.02. The van der Waals surface area contributed by atoms with Gasteiger partial charge in [-0.1, -0.05) is 11.6 Å². The summed E-state index contributed by atoms with van der Waals surface area (Å²) < 4.78 is 28.1. The molecule has 0 aliphatic carbocycles. The van der Waals surface area contributed by atoms with E-state index in [1.807, 2.05) is 6.92 Å². The van der Waals surface area contributed by atoms with E-state index in [-0.39, 0.29) is 15.7 Å². The first-order valence-electron chi connectivity index (χ1n) is 5.38. The monoisotopic (exact) mass is 301 g/mol. The fourth-order valence-corrected chi connectivity index (χ4v) is 2.61. The van der Waals surface area contributed by atoms with Crippen LogP contribution in [0.25, 0.3) is 0 Å². The molecule has 0 bridgehead atoms. The maximum atomic E-state index is 12.1. The Bertz CT molecular complexity index is 698. The van der Waals surface area contributed by atoms with Gasteiger partial charge in [0, 0.05) is 18.9 Å². The van der Waals surface area contributed by atoms with Crippen molar-refractivity contribution in [2.45, 2.75) is 18.4 Å². The highest BCUT2D eigenvalue weighted by Gasteiger charge is 2.17. The number of nitrogens with zero attached hydrogens (tertiary/aromatic N) is 3. The molecule has 0 fully saturated rings. The summed E-state index contributed by atoms with van der Waals surface area (Å²) in [7, 11) is -3.75. The maximum Gasteiger partial charge on any atom is 0.263 e. The van der Waals surface area contributed by atoms with Gasteiger partial charge < -0.3 is 5.73 Å². The number of rotatable bonds is 4. The number of aryl methyl sites for hydroxylation is 1. The lowest BCUT2D eigenvalue weighted by molar-refractivity contribution is 0.601. The molecular weight excluding hydrogens is 290 g/mol. The number of halogens is 1. The molecule has 0 spiro atoms. The summed E-state index contributed by atoms with van der Waals surface area (Å²) in [6.07, 6.45) is 4.16. The molecule has 19 heavy (non-hydrogen) atoms. The molecule has 7 nitrogen and oxygen atoms in total. The number of nitrogen functional groups attached to an aromatic ring is 1. The number of hydrogen-bond donors (Lipinski definition) is 2. The van der Waals surface area contributed by atoms with Crippen molar-refractivity contribution < 1.29 is 8.42 Å². The van der Waals surface area contributed by atoms with Crippen LogP contribution in [0.3, 0.4) is 0 Å². The zero-order chi connectivity index (χ0) is 14.0. The molecule has 2 rings (SSSR count). The van der Waals surface area contributed by atoms with Crippen LogP contribution in [0.1, 0.15) is 6.92 Å². The minimum absolute atomic E-state index is 0.0593. The van der Waals surface area contributed by atoms with Gasteiger partial charge in [-0.05, 0) is 13.0 Å². The first kappa shape index (κ1) is 13.6. The molecule has 0 amide bonds. The summed E-state index contributed by atoms with van der Waals surface area (Å²) >= 11 is 5.75. The summed E-state index contributed by atoms with van der Waals surface area (Å²) in [5.74, 6) is 0.0828. The second-order valence-electron chi connectivity index (χ2n) is 3.73. The molecular formula is C10H12ClN5O2S. The molecule has 0 unspecified atom stereocenters. The third-order valence-electron chi connectivity index (χ3n) is 2.36. The number of aromatic nitrogens is 3. The Labute approximate surface area is 115 Å². The lowest BCUT2D eigenvalue weighted by Gasteiger charge is -2.06. The van der Waals surface area contributed by atoms with Crippen LogP contribution in [-0.2, 0) is 16.6 Å². The van der Waals surface area contributed by atoms with Gasteiger partial charge in [-0.25, -0.2) is 13.4 Å². The number of anilines is 2. The Morgan fingerprint density at radius 3 is 2.79 bits per heavy atom. The maximum absolute atomic E-state index is 12.1. The molecule has 102 valence electrons. The van der Waals surface area contributed by atoms with Gasteiger partial charge in [0.25, 0.3) is 10.0 Å². The summed E-state index contributed by atoms with van der Waals surface area (Å²) in [5, 5.41) is 4.06. The van der Waals surface area contributed by atoms with Crippen LogP contribution >= 0.6 is 11.6 Å². The van der Waals surface area contributed by atoms with Crippen molar-refractivity contribution >= 4 is 33.1 Å². The highest BCUT2D eigenvalue weighted by molar-refractivity contribution is 7.92.